The van der Waals surface area contributed by atoms with Gasteiger partial charge < -0.3 is 9.47 Å². The van der Waals surface area contributed by atoms with Gasteiger partial charge in [0.2, 0.25) is 0 Å². The average molecular weight is 388 g/mol. The number of hydrogen-bond acceptors (Lipinski definition) is 8. The molecule has 2 aromatic carbocycles. The fourth-order valence-corrected chi connectivity index (χ4v) is 2.14. The van der Waals surface area contributed by atoms with Crippen LogP contribution in [0.3, 0.4) is 0 Å². The van der Waals surface area contributed by atoms with E-state index in [4.69, 9.17) is 9.47 Å². The summed E-state index contributed by atoms with van der Waals surface area (Å²) in [7, 11) is 0. The number of nitrogens with zero attached hydrogens (tertiary/aromatic N) is 2. The summed E-state index contributed by atoms with van der Waals surface area (Å²) >= 11 is 0. The van der Waals surface area contributed by atoms with Crippen LogP contribution in [0.15, 0.2) is 48.5 Å². The second-order valence-electron chi connectivity index (χ2n) is 5.59. The Bertz CT molecular complexity index is 789. The van der Waals surface area contributed by atoms with Crippen molar-refractivity contribution in [3.05, 3.63) is 79.9 Å². The Hall–Kier alpha value is -3.82. The van der Waals surface area contributed by atoms with E-state index >= 15 is 0 Å². The lowest BCUT2D eigenvalue weighted by atomic mass is 10.2. The molecule has 0 N–H and O–H groups in total. The molecule has 10 heteroatoms. The van der Waals surface area contributed by atoms with Gasteiger partial charge in [-0.15, -0.1) is 0 Å². The molecule has 0 atom stereocenters. The molecule has 0 fully saturated rings. The van der Waals surface area contributed by atoms with Crippen LogP contribution in [0.1, 0.15) is 33.6 Å². The summed E-state index contributed by atoms with van der Waals surface area (Å²) in [6, 6.07) is 10.1. The maximum absolute atomic E-state index is 11.8. The standard InChI is InChI=1S/C18H16N2O8/c21-17(13-3-7-15(8-4-13)19(23)24)27-11-1-2-12-28-18(22)14-5-9-16(10-6-14)20(25)26/h3-10H,1-2,11-12H2. The third-order valence-corrected chi connectivity index (χ3v) is 3.63. The van der Waals surface area contributed by atoms with Crippen molar-refractivity contribution in [3.8, 4) is 0 Å². The monoisotopic (exact) mass is 388 g/mol. The van der Waals surface area contributed by atoms with Crippen LogP contribution in [0, 0.1) is 20.2 Å². The van der Waals surface area contributed by atoms with Gasteiger partial charge in [-0.1, -0.05) is 0 Å². The van der Waals surface area contributed by atoms with Crippen molar-refractivity contribution in [2.75, 3.05) is 13.2 Å². The van der Waals surface area contributed by atoms with Gasteiger partial charge in [-0.05, 0) is 37.1 Å². The summed E-state index contributed by atoms with van der Waals surface area (Å²) in [6.07, 6.45) is 0.901. The molecule has 0 heterocycles. The van der Waals surface area contributed by atoms with Crippen LogP contribution in [0.25, 0.3) is 0 Å². The maximum Gasteiger partial charge on any atom is 0.338 e. The van der Waals surface area contributed by atoms with Gasteiger partial charge in [-0.3, -0.25) is 20.2 Å². The van der Waals surface area contributed by atoms with Gasteiger partial charge in [0.15, 0.2) is 0 Å². The number of non-ortho nitro benzene ring substituents is 2. The van der Waals surface area contributed by atoms with Crippen molar-refractivity contribution < 1.29 is 28.9 Å². The highest BCUT2D eigenvalue weighted by Crippen LogP contribution is 2.14. The summed E-state index contributed by atoms with van der Waals surface area (Å²) in [5.74, 6) is -1.20. The number of carbonyl (C=O) groups is 2. The lowest BCUT2D eigenvalue weighted by Gasteiger charge is -2.06. The van der Waals surface area contributed by atoms with Crippen molar-refractivity contribution in [2.24, 2.45) is 0 Å². The molecule has 146 valence electrons. The quantitative estimate of drug-likeness (QED) is 0.276. The minimum absolute atomic E-state index is 0.102. The van der Waals surface area contributed by atoms with Gasteiger partial charge in [0.1, 0.15) is 0 Å². The Labute approximate surface area is 159 Å². The summed E-state index contributed by atoms with van der Waals surface area (Å²) < 4.78 is 10.1. The first kappa shape index (κ1) is 20.5. The molecule has 2 rings (SSSR count). The summed E-state index contributed by atoms with van der Waals surface area (Å²) in [4.78, 5) is 43.6. The SMILES string of the molecule is O=C(OCCCCOC(=O)c1ccc([N+](=O)[O-])cc1)c1ccc([N+](=O)[O-])cc1. The van der Waals surface area contributed by atoms with Gasteiger partial charge in [-0.25, -0.2) is 9.59 Å². The predicted octanol–water partition coefficient (Wildman–Crippen LogP) is 3.30. The summed E-state index contributed by atoms with van der Waals surface area (Å²) in [5, 5.41) is 21.1. The number of carbonyl (C=O) groups excluding carboxylic acids is 2. The lowest BCUT2D eigenvalue weighted by Crippen LogP contribution is -2.09. The number of ether oxygens (including phenoxy) is 2. The van der Waals surface area contributed by atoms with Gasteiger partial charge in [0.05, 0.1) is 34.2 Å². The van der Waals surface area contributed by atoms with Crippen molar-refractivity contribution in [1.82, 2.24) is 0 Å². The topological polar surface area (TPSA) is 139 Å². The van der Waals surface area contributed by atoms with E-state index in [1.807, 2.05) is 0 Å². The average Bonchev–Trinajstić information content (AvgIpc) is 2.70. The first-order valence-corrected chi connectivity index (χ1v) is 8.21. The van der Waals surface area contributed by atoms with E-state index in [1.165, 1.54) is 48.5 Å². The number of nitro groups is 2. The summed E-state index contributed by atoms with van der Waals surface area (Å²) in [6.45, 7) is 0.204. The Morgan fingerprint density at radius 2 is 1.00 bits per heavy atom. The van der Waals surface area contributed by atoms with E-state index in [2.05, 4.69) is 0 Å². The zero-order valence-electron chi connectivity index (χ0n) is 14.6. The van der Waals surface area contributed by atoms with E-state index in [-0.39, 0.29) is 35.7 Å². The normalized spacial score (nSPS) is 10.1. The molecule has 2 aromatic rings. The first-order chi connectivity index (χ1) is 13.4. The molecule has 0 bridgehead atoms. The van der Waals surface area contributed by atoms with E-state index in [9.17, 15) is 29.8 Å². The number of nitro benzene ring substituents is 2. The lowest BCUT2D eigenvalue weighted by molar-refractivity contribution is -0.385. The van der Waals surface area contributed by atoms with Gasteiger partial charge >= 0.3 is 11.9 Å². The first-order valence-electron chi connectivity index (χ1n) is 8.21. The molecule has 0 aromatic heterocycles. The number of unbranched alkanes of at least 4 members (excludes halogenated alkanes) is 1. The van der Waals surface area contributed by atoms with Gasteiger partial charge in [0, 0.05) is 24.3 Å². The minimum Gasteiger partial charge on any atom is -0.462 e. The zero-order chi connectivity index (χ0) is 20.5. The molecule has 0 aliphatic rings. The molecule has 0 amide bonds. The minimum atomic E-state index is -0.599. The van der Waals surface area contributed by atoms with Crippen molar-refractivity contribution >= 4 is 23.3 Å². The van der Waals surface area contributed by atoms with E-state index < -0.39 is 21.8 Å². The van der Waals surface area contributed by atoms with Crippen LogP contribution in [-0.4, -0.2) is 35.0 Å². The molecule has 0 saturated heterocycles. The molecule has 0 radical (unpaired) electrons. The number of rotatable bonds is 9. The van der Waals surface area contributed by atoms with Crippen molar-refractivity contribution in [3.63, 3.8) is 0 Å². The third-order valence-electron chi connectivity index (χ3n) is 3.63. The molecular weight excluding hydrogens is 372 g/mol. The molecule has 0 saturated carbocycles. The molecular formula is C18H16N2O8. The van der Waals surface area contributed by atoms with E-state index in [0.717, 1.165) is 0 Å². The Kier molecular flexibility index (Phi) is 7.14. The third kappa shape index (κ3) is 5.87. The van der Waals surface area contributed by atoms with Crippen LogP contribution in [0.2, 0.25) is 0 Å². The zero-order valence-corrected chi connectivity index (χ0v) is 14.6. The van der Waals surface area contributed by atoms with E-state index in [1.54, 1.807) is 0 Å². The fourth-order valence-electron chi connectivity index (χ4n) is 2.14. The number of benzene rings is 2. The highest BCUT2D eigenvalue weighted by Gasteiger charge is 2.12. The molecule has 10 nitrogen and oxygen atoms in total. The maximum atomic E-state index is 11.8. The highest BCUT2D eigenvalue weighted by atomic mass is 16.6. The Morgan fingerprint density at radius 3 is 1.29 bits per heavy atom. The highest BCUT2D eigenvalue weighted by molar-refractivity contribution is 5.90. The summed E-state index contributed by atoms with van der Waals surface area (Å²) in [5.41, 5.74) is 0.170. The molecule has 0 unspecified atom stereocenters. The van der Waals surface area contributed by atoms with E-state index in [0.29, 0.717) is 12.8 Å². The molecule has 28 heavy (non-hydrogen) atoms. The Morgan fingerprint density at radius 1 is 0.679 bits per heavy atom. The number of hydrogen-bond donors (Lipinski definition) is 0. The molecule has 0 spiro atoms. The second kappa shape index (κ2) is 9.76. The second-order valence-corrected chi connectivity index (χ2v) is 5.59. The van der Waals surface area contributed by atoms with Crippen LogP contribution in [-0.2, 0) is 9.47 Å². The van der Waals surface area contributed by atoms with Gasteiger partial charge in [0.25, 0.3) is 11.4 Å². The molecule has 0 aliphatic carbocycles. The number of esters is 2. The van der Waals surface area contributed by atoms with Crippen LogP contribution < -0.4 is 0 Å². The largest absolute Gasteiger partial charge is 0.462 e. The van der Waals surface area contributed by atoms with Crippen LogP contribution >= 0.6 is 0 Å². The smallest absolute Gasteiger partial charge is 0.338 e. The van der Waals surface area contributed by atoms with Gasteiger partial charge in [-0.2, -0.15) is 0 Å². The van der Waals surface area contributed by atoms with Crippen LogP contribution in [0.5, 0.6) is 0 Å². The fraction of sp³-hybridized carbons (Fsp3) is 0.222. The molecule has 0 aliphatic heterocycles. The Balaban J connectivity index is 1.65. The van der Waals surface area contributed by atoms with Crippen molar-refractivity contribution in [1.29, 1.82) is 0 Å². The van der Waals surface area contributed by atoms with Crippen LogP contribution in [0.4, 0.5) is 11.4 Å². The predicted molar refractivity (Wildman–Crippen MR) is 96.0 cm³/mol. The van der Waals surface area contributed by atoms with Crippen molar-refractivity contribution in [2.45, 2.75) is 12.8 Å².